The molecule has 4 rings (SSSR count). The maximum atomic E-state index is 12.9. The third-order valence-electron chi connectivity index (χ3n) is 5.90. The lowest BCUT2D eigenvalue weighted by Crippen LogP contribution is -2.41. The summed E-state index contributed by atoms with van der Waals surface area (Å²) in [6, 6.07) is 10.2. The van der Waals surface area contributed by atoms with Crippen molar-refractivity contribution in [3.63, 3.8) is 0 Å². The standard InChI is InChI=1S/C28H30N4O6/c1-16(2)36-23-13-10-17(14-21(23)29-6)26-30-25(31-38-26)20-9-7-8-19-18(20)11-12-22(19)32(15-24(33)34)27(35)37-28(3,4)5/h7-10,13-14,16,22H,11-12,15H2,1-5H3,(H,33,34)/t22-/m1/s1. The number of hydrogen-bond donors (Lipinski definition) is 1. The highest BCUT2D eigenvalue weighted by Gasteiger charge is 2.36. The van der Waals surface area contributed by atoms with Gasteiger partial charge in [0.05, 0.1) is 18.7 Å². The normalized spacial score (nSPS) is 14.6. The summed E-state index contributed by atoms with van der Waals surface area (Å²) in [5.74, 6) is -0.00555. The number of carboxylic acids is 1. The van der Waals surface area contributed by atoms with Crippen LogP contribution in [0, 0.1) is 6.57 Å². The summed E-state index contributed by atoms with van der Waals surface area (Å²) in [6.45, 7) is 16.0. The van der Waals surface area contributed by atoms with Crippen LogP contribution >= 0.6 is 0 Å². The van der Waals surface area contributed by atoms with Gasteiger partial charge in [-0.3, -0.25) is 9.69 Å². The molecule has 0 spiro atoms. The molecular formula is C28H30N4O6. The largest absolute Gasteiger partial charge is 0.502 e. The van der Waals surface area contributed by atoms with Gasteiger partial charge in [0.25, 0.3) is 5.89 Å². The SMILES string of the molecule is [C-]#[N+]c1cc(-c2nc(-c3cccc4c3CC[C@H]4N(CC(=O)O)C(=O)OC(C)(C)C)no2)ccc1OC(C)C. The van der Waals surface area contributed by atoms with Crippen molar-refractivity contribution in [3.8, 4) is 28.6 Å². The average Bonchev–Trinajstić information content (AvgIpc) is 3.49. The maximum Gasteiger partial charge on any atom is 0.411 e. The van der Waals surface area contributed by atoms with Gasteiger partial charge in [-0.05, 0) is 76.8 Å². The van der Waals surface area contributed by atoms with Gasteiger partial charge in [0, 0.05) is 11.1 Å². The third kappa shape index (κ3) is 5.78. The minimum Gasteiger partial charge on any atom is -0.502 e. The van der Waals surface area contributed by atoms with Gasteiger partial charge in [0.15, 0.2) is 0 Å². The van der Waals surface area contributed by atoms with Gasteiger partial charge in [-0.2, -0.15) is 4.98 Å². The molecule has 0 aliphatic heterocycles. The molecule has 1 atom stereocenters. The van der Waals surface area contributed by atoms with Crippen molar-refractivity contribution >= 4 is 17.7 Å². The first kappa shape index (κ1) is 26.7. The van der Waals surface area contributed by atoms with Gasteiger partial charge in [0.1, 0.15) is 17.9 Å². The number of nitrogens with zero attached hydrogens (tertiary/aromatic N) is 4. The molecule has 198 valence electrons. The van der Waals surface area contributed by atoms with Crippen LogP contribution < -0.4 is 4.74 Å². The van der Waals surface area contributed by atoms with E-state index in [1.807, 2.05) is 32.0 Å². The van der Waals surface area contributed by atoms with E-state index in [0.29, 0.717) is 35.7 Å². The molecule has 0 saturated heterocycles. The van der Waals surface area contributed by atoms with Gasteiger partial charge in [0.2, 0.25) is 11.5 Å². The molecule has 0 unspecified atom stereocenters. The molecule has 0 bridgehead atoms. The van der Waals surface area contributed by atoms with Crippen LogP contribution in [0.4, 0.5) is 10.5 Å². The van der Waals surface area contributed by atoms with Gasteiger partial charge in [-0.25, -0.2) is 9.64 Å². The van der Waals surface area contributed by atoms with E-state index in [-0.39, 0.29) is 12.0 Å². The smallest absolute Gasteiger partial charge is 0.411 e. The van der Waals surface area contributed by atoms with Gasteiger partial charge in [-0.1, -0.05) is 23.4 Å². The van der Waals surface area contributed by atoms with Crippen molar-refractivity contribution in [1.29, 1.82) is 0 Å². The summed E-state index contributed by atoms with van der Waals surface area (Å²) in [4.78, 5) is 33.9. The van der Waals surface area contributed by atoms with Crippen LogP contribution in [0.1, 0.15) is 58.2 Å². The van der Waals surface area contributed by atoms with Crippen LogP contribution in [0.5, 0.6) is 5.75 Å². The van der Waals surface area contributed by atoms with Crippen molar-refractivity contribution in [2.45, 2.75) is 65.2 Å². The van der Waals surface area contributed by atoms with E-state index in [2.05, 4.69) is 15.0 Å². The fourth-order valence-electron chi connectivity index (χ4n) is 4.48. The first-order valence-electron chi connectivity index (χ1n) is 12.3. The Morgan fingerprint density at radius 1 is 1.26 bits per heavy atom. The van der Waals surface area contributed by atoms with Crippen LogP contribution in [-0.2, 0) is 16.0 Å². The second kappa shape index (κ2) is 10.5. The molecule has 3 aromatic rings. The summed E-state index contributed by atoms with van der Waals surface area (Å²) >= 11 is 0. The summed E-state index contributed by atoms with van der Waals surface area (Å²) in [5, 5.41) is 13.6. The molecule has 1 heterocycles. The van der Waals surface area contributed by atoms with Gasteiger partial charge < -0.3 is 19.1 Å². The predicted octanol–water partition coefficient (Wildman–Crippen LogP) is 6.05. The zero-order chi connectivity index (χ0) is 27.6. The Labute approximate surface area is 221 Å². The molecule has 38 heavy (non-hydrogen) atoms. The summed E-state index contributed by atoms with van der Waals surface area (Å²) in [6.07, 6.45) is 0.393. The quantitative estimate of drug-likeness (QED) is 0.375. The number of carboxylic acid groups (broad SMARTS) is 1. The summed E-state index contributed by atoms with van der Waals surface area (Å²) in [7, 11) is 0. The molecule has 2 aromatic carbocycles. The number of rotatable bonds is 7. The van der Waals surface area contributed by atoms with Crippen molar-refractivity contribution in [1.82, 2.24) is 15.0 Å². The number of ether oxygens (including phenoxy) is 2. The monoisotopic (exact) mass is 518 g/mol. The van der Waals surface area contributed by atoms with Gasteiger partial charge >= 0.3 is 12.1 Å². The molecule has 10 nitrogen and oxygen atoms in total. The molecule has 1 aliphatic rings. The second-order valence-electron chi connectivity index (χ2n) is 10.3. The number of hydrogen-bond acceptors (Lipinski definition) is 7. The fraction of sp³-hybridized carbons (Fsp3) is 0.393. The van der Waals surface area contributed by atoms with E-state index in [4.69, 9.17) is 20.6 Å². The van der Waals surface area contributed by atoms with Crippen LogP contribution in [0.25, 0.3) is 27.7 Å². The zero-order valence-corrected chi connectivity index (χ0v) is 22.0. The molecule has 1 amide bonds. The summed E-state index contributed by atoms with van der Waals surface area (Å²) in [5.41, 5.74) is 2.67. The molecule has 1 aromatic heterocycles. The number of carbonyl (C=O) groups is 2. The molecular weight excluding hydrogens is 488 g/mol. The van der Waals surface area contributed by atoms with Gasteiger partial charge in [-0.15, -0.1) is 0 Å². The first-order chi connectivity index (χ1) is 18.0. The highest BCUT2D eigenvalue weighted by Crippen LogP contribution is 2.41. The zero-order valence-electron chi connectivity index (χ0n) is 22.0. The molecule has 10 heteroatoms. The number of benzene rings is 2. The highest BCUT2D eigenvalue weighted by molar-refractivity contribution is 5.78. The molecule has 0 saturated carbocycles. The van der Waals surface area contributed by atoms with Crippen molar-refractivity contribution < 1.29 is 28.7 Å². The Balaban J connectivity index is 1.65. The fourth-order valence-corrected chi connectivity index (χ4v) is 4.48. The second-order valence-corrected chi connectivity index (χ2v) is 10.3. The van der Waals surface area contributed by atoms with Crippen LogP contribution in [0.15, 0.2) is 40.9 Å². The Morgan fingerprint density at radius 3 is 2.68 bits per heavy atom. The molecule has 0 fully saturated rings. The molecule has 0 radical (unpaired) electrons. The van der Waals surface area contributed by atoms with Crippen LogP contribution in [0.3, 0.4) is 0 Å². The minimum atomic E-state index is -1.12. The third-order valence-corrected chi connectivity index (χ3v) is 5.90. The lowest BCUT2D eigenvalue weighted by atomic mass is 10.0. The van der Waals surface area contributed by atoms with E-state index in [0.717, 1.165) is 16.7 Å². The molecule has 1 aliphatic carbocycles. The van der Waals surface area contributed by atoms with E-state index in [1.165, 1.54) is 4.90 Å². The van der Waals surface area contributed by atoms with Crippen molar-refractivity contribution in [3.05, 3.63) is 58.9 Å². The Hall–Kier alpha value is -4.39. The molecule has 1 N–H and O–H groups in total. The Bertz CT molecular complexity index is 1400. The first-order valence-corrected chi connectivity index (χ1v) is 12.3. The number of aliphatic carboxylic acids is 1. The van der Waals surface area contributed by atoms with Crippen LogP contribution in [0.2, 0.25) is 0 Å². The lowest BCUT2D eigenvalue weighted by molar-refractivity contribution is -0.138. The maximum absolute atomic E-state index is 12.9. The number of fused-ring (bicyclic) bond motifs is 1. The summed E-state index contributed by atoms with van der Waals surface area (Å²) < 4.78 is 16.7. The Morgan fingerprint density at radius 2 is 2.03 bits per heavy atom. The predicted molar refractivity (Wildman–Crippen MR) is 139 cm³/mol. The minimum absolute atomic E-state index is 0.0675. The number of carbonyl (C=O) groups excluding carboxylic acids is 1. The highest BCUT2D eigenvalue weighted by atomic mass is 16.6. The van der Waals surface area contributed by atoms with Crippen molar-refractivity contribution in [2.24, 2.45) is 0 Å². The van der Waals surface area contributed by atoms with Crippen molar-refractivity contribution in [2.75, 3.05) is 6.54 Å². The van der Waals surface area contributed by atoms with E-state index >= 15 is 0 Å². The van der Waals surface area contributed by atoms with Crippen LogP contribution in [-0.4, -0.2) is 50.5 Å². The number of aromatic nitrogens is 2. The Kier molecular flexibility index (Phi) is 7.39. The van der Waals surface area contributed by atoms with E-state index < -0.39 is 30.3 Å². The average molecular weight is 519 g/mol. The number of amides is 1. The lowest BCUT2D eigenvalue weighted by Gasteiger charge is -2.31. The van der Waals surface area contributed by atoms with E-state index in [9.17, 15) is 14.7 Å². The van der Waals surface area contributed by atoms with E-state index in [1.54, 1.807) is 39.0 Å². The topological polar surface area (TPSA) is 119 Å².